The molecule has 0 saturated carbocycles. The van der Waals surface area contributed by atoms with Gasteiger partial charge < -0.3 is 4.57 Å². The van der Waals surface area contributed by atoms with E-state index in [4.69, 9.17) is 19.9 Å². The Hall–Kier alpha value is -8.54. The molecule has 0 aliphatic rings. The summed E-state index contributed by atoms with van der Waals surface area (Å²) in [5.41, 5.74) is 15.3. The maximum atomic E-state index is 5.29. The van der Waals surface area contributed by atoms with Crippen LogP contribution in [-0.4, -0.2) is 24.5 Å². The lowest BCUT2D eigenvalue weighted by molar-refractivity contribution is 1.18. The van der Waals surface area contributed by atoms with Crippen molar-refractivity contribution >= 4 is 43.6 Å². The van der Waals surface area contributed by atoms with Crippen LogP contribution in [0.3, 0.4) is 0 Å². The molecule has 5 heteroatoms. The van der Waals surface area contributed by atoms with Crippen molar-refractivity contribution in [2.45, 2.75) is 0 Å². The van der Waals surface area contributed by atoms with Gasteiger partial charge >= 0.3 is 0 Å². The Morgan fingerprint density at radius 1 is 0.254 bits per heavy atom. The highest BCUT2D eigenvalue weighted by Crippen LogP contribution is 2.37. The minimum absolute atomic E-state index is 0.639. The molecule has 9 aromatic carbocycles. The van der Waals surface area contributed by atoms with Crippen LogP contribution in [0.2, 0.25) is 0 Å². The van der Waals surface area contributed by atoms with E-state index in [1.54, 1.807) is 0 Å². The zero-order chi connectivity index (χ0) is 41.7. The highest BCUT2D eigenvalue weighted by Gasteiger charge is 2.18. The van der Waals surface area contributed by atoms with Gasteiger partial charge in [-0.15, -0.1) is 0 Å². The Morgan fingerprint density at radius 3 is 1.10 bits per heavy atom. The Morgan fingerprint density at radius 2 is 0.619 bits per heavy atom. The van der Waals surface area contributed by atoms with E-state index in [9.17, 15) is 0 Å². The van der Waals surface area contributed by atoms with Gasteiger partial charge in [-0.05, 0) is 76.9 Å². The van der Waals surface area contributed by atoms with Crippen LogP contribution in [0.5, 0.6) is 0 Å². The highest BCUT2D eigenvalue weighted by atomic mass is 15.0. The van der Waals surface area contributed by atoms with Crippen LogP contribution in [0.25, 0.3) is 117 Å². The van der Waals surface area contributed by atoms with E-state index >= 15 is 0 Å². The van der Waals surface area contributed by atoms with E-state index in [0.717, 1.165) is 83.4 Å². The van der Waals surface area contributed by atoms with Crippen molar-refractivity contribution in [3.63, 3.8) is 0 Å². The maximum Gasteiger partial charge on any atom is 0.160 e. The first-order valence-corrected chi connectivity index (χ1v) is 21.2. The molecule has 0 saturated heterocycles. The van der Waals surface area contributed by atoms with E-state index in [-0.39, 0.29) is 0 Å². The fourth-order valence-electron chi connectivity index (χ4n) is 8.95. The second kappa shape index (κ2) is 15.2. The number of rotatable bonds is 7. The summed E-state index contributed by atoms with van der Waals surface area (Å²) in [4.78, 5) is 20.9. The third-order valence-electron chi connectivity index (χ3n) is 12.0. The number of hydrogen-bond donors (Lipinski definition) is 0. The van der Waals surface area contributed by atoms with Crippen LogP contribution in [0.1, 0.15) is 0 Å². The minimum atomic E-state index is 0.639. The van der Waals surface area contributed by atoms with Crippen molar-refractivity contribution in [1.29, 1.82) is 0 Å². The van der Waals surface area contributed by atoms with Crippen molar-refractivity contribution in [2.24, 2.45) is 0 Å². The van der Waals surface area contributed by atoms with Crippen molar-refractivity contribution in [3.05, 3.63) is 224 Å². The molecule has 0 atom stereocenters. The van der Waals surface area contributed by atoms with E-state index in [0.29, 0.717) is 11.6 Å². The van der Waals surface area contributed by atoms with Crippen molar-refractivity contribution in [1.82, 2.24) is 24.5 Å². The molecule has 0 aliphatic carbocycles. The van der Waals surface area contributed by atoms with Crippen LogP contribution >= 0.6 is 0 Å². The normalized spacial score (nSPS) is 11.5. The van der Waals surface area contributed by atoms with Gasteiger partial charge in [-0.25, -0.2) is 19.9 Å². The summed E-state index contributed by atoms with van der Waals surface area (Å²) in [5.74, 6) is 1.28. The molecule has 5 nitrogen and oxygen atoms in total. The van der Waals surface area contributed by atoms with Crippen molar-refractivity contribution < 1.29 is 0 Å². The van der Waals surface area contributed by atoms with Gasteiger partial charge in [0.1, 0.15) is 0 Å². The molecule has 0 spiro atoms. The number of hydrogen-bond acceptors (Lipinski definition) is 4. The topological polar surface area (TPSA) is 56.5 Å². The Kier molecular flexibility index (Phi) is 8.75. The standard InChI is InChI=1S/C58H37N5/c1-3-15-41(16-4-1)55-49-21-7-11-23-51(49)59-57(61-55)44-35-43(36-45(37-44)58-60-52-24-12-8-22-50(52)56(62-58)42-17-5-2-6-18-42)40-29-27-38(28-30-40)39-31-33-46(34-32-39)63-53-25-13-9-19-47(53)48-20-10-14-26-54(48)63/h1-37H. The molecule has 0 unspecified atom stereocenters. The molecule has 0 N–H and O–H groups in total. The molecular formula is C58H37N5. The Balaban J connectivity index is 0.982. The quantitative estimate of drug-likeness (QED) is 0.161. The van der Waals surface area contributed by atoms with E-state index < -0.39 is 0 Å². The van der Waals surface area contributed by atoms with Crippen LogP contribution < -0.4 is 0 Å². The molecule has 0 amide bonds. The lowest BCUT2D eigenvalue weighted by Crippen LogP contribution is -1.98. The summed E-state index contributed by atoms with van der Waals surface area (Å²) in [5, 5.41) is 4.53. The van der Waals surface area contributed by atoms with E-state index in [1.807, 2.05) is 36.4 Å². The summed E-state index contributed by atoms with van der Waals surface area (Å²) in [7, 11) is 0. The molecule has 12 aromatic rings. The summed E-state index contributed by atoms with van der Waals surface area (Å²) >= 11 is 0. The summed E-state index contributed by atoms with van der Waals surface area (Å²) in [6.45, 7) is 0. The van der Waals surface area contributed by atoms with E-state index in [1.165, 1.54) is 21.8 Å². The zero-order valence-electron chi connectivity index (χ0n) is 34.1. The third-order valence-corrected chi connectivity index (χ3v) is 12.0. The van der Waals surface area contributed by atoms with Gasteiger partial charge in [0.25, 0.3) is 0 Å². The second-order valence-corrected chi connectivity index (χ2v) is 15.9. The number of aromatic nitrogens is 5. The first-order chi connectivity index (χ1) is 31.2. The lowest BCUT2D eigenvalue weighted by atomic mass is 9.96. The van der Waals surface area contributed by atoms with Crippen LogP contribution in [-0.2, 0) is 0 Å². The SMILES string of the molecule is c1ccc(-c2nc(-c3cc(-c4ccc(-c5ccc(-n6c7ccccc7c7ccccc76)cc5)cc4)cc(-c4nc(-c5ccccc5)c5ccccc5n4)c3)nc3ccccc23)cc1. The van der Waals surface area contributed by atoms with Gasteiger partial charge in [-0.2, -0.15) is 0 Å². The smallest absolute Gasteiger partial charge is 0.160 e. The van der Waals surface area contributed by atoms with Gasteiger partial charge in [0.15, 0.2) is 11.6 Å². The summed E-state index contributed by atoms with van der Waals surface area (Å²) < 4.78 is 2.35. The number of para-hydroxylation sites is 4. The van der Waals surface area contributed by atoms with Crippen molar-refractivity contribution in [3.8, 4) is 73.2 Å². The summed E-state index contributed by atoms with van der Waals surface area (Å²) in [6, 6.07) is 78.6. The monoisotopic (exact) mass is 803 g/mol. The zero-order valence-corrected chi connectivity index (χ0v) is 34.1. The summed E-state index contributed by atoms with van der Waals surface area (Å²) in [6.07, 6.45) is 0. The molecule has 3 heterocycles. The fourth-order valence-corrected chi connectivity index (χ4v) is 8.95. The molecule has 0 fully saturated rings. The van der Waals surface area contributed by atoms with Crippen LogP contribution in [0.4, 0.5) is 0 Å². The van der Waals surface area contributed by atoms with Crippen LogP contribution in [0, 0.1) is 0 Å². The molecular weight excluding hydrogens is 767 g/mol. The number of benzene rings is 9. The highest BCUT2D eigenvalue weighted by molar-refractivity contribution is 6.09. The molecule has 0 bridgehead atoms. The maximum absolute atomic E-state index is 5.29. The minimum Gasteiger partial charge on any atom is -0.309 e. The Labute approximate surface area is 364 Å². The molecule has 0 aliphatic heterocycles. The number of nitrogens with zero attached hydrogens (tertiary/aromatic N) is 5. The predicted octanol–water partition coefficient (Wildman–Crippen LogP) is 14.7. The lowest BCUT2D eigenvalue weighted by Gasteiger charge is -2.14. The van der Waals surface area contributed by atoms with Crippen LogP contribution in [0.15, 0.2) is 224 Å². The first kappa shape index (κ1) is 36.3. The molecule has 3 aromatic heterocycles. The molecule has 12 rings (SSSR count). The Bertz CT molecular complexity index is 3460. The van der Waals surface area contributed by atoms with E-state index in [2.05, 4.69) is 193 Å². The van der Waals surface area contributed by atoms with Gasteiger partial charge in [0, 0.05) is 49.5 Å². The first-order valence-electron chi connectivity index (χ1n) is 21.2. The van der Waals surface area contributed by atoms with Gasteiger partial charge in [0.2, 0.25) is 0 Å². The second-order valence-electron chi connectivity index (χ2n) is 15.9. The fraction of sp³-hybridized carbons (Fsp3) is 0. The van der Waals surface area contributed by atoms with Gasteiger partial charge in [-0.3, -0.25) is 0 Å². The third kappa shape index (κ3) is 6.51. The average Bonchev–Trinajstić information content (AvgIpc) is 3.70. The van der Waals surface area contributed by atoms with Gasteiger partial charge in [0.05, 0.1) is 33.5 Å². The number of fused-ring (bicyclic) bond motifs is 5. The van der Waals surface area contributed by atoms with Gasteiger partial charge in [-0.1, -0.05) is 170 Å². The van der Waals surface area contributed by atoms with Crippen molar-refractivity contribution in [2.75, 3.05) is 0 Å². The molecule has 0 radical (unpaired) electrons. The average molecular weight is 804 g/mol. The predicted molar refractivity (Wildman–Crippen MR) is 260 cm³/mol. The molecule has 63 heavy (non-hydrogen) atoms. The molecule has 294 valence electrons. The largest absolute Gasteiger partial charge is 0.309 e.